The molecule has 3 aromatic carbocycles. The molecule has 0 unspecified atom stereocenters. The molecular weight excluding hydrogens is 431 g/mol. The molecule has 34 heavy (non-hydrogen) atoms. The van der Waals surface area contributed by atoms with Gasteiger partial charge in [0.25, 0.3) is 0 Å². The third kappa shape index (κ3) is 4.65. The van der Waals surface area contributed by atoms with Crippen molar-refractivity contribution in [2.45, 2.75) is 24.8 Å². The van der Waals surface area contributed by atoms with Crippen LogP contribution in [-0.4, -0.2) is 48.4 Å². The van der Waals surface area contributed by atoms with Crippen molar-refractivity contribution in [3.05, 3.63) is 89.7 Å². The van der Waals surface area contributed by atoms with Crippen LogP contribution in [0.25, 0.3) is 11.1 Å². The van der Waals surface area contributed by atoms with E-state index in [1.54, 1.807) is 0 Å². The highest BCUT2D eigenvalue weighted by Gasteiger charge is 2.54. The second kappa shape index (κ2) is 9.49. The van der Waals surface area contributed by atoms with Gasteiger partial charge >= 0.3 is 0 Å². The fraction of sp³-hybridized carbons (Fsp3) is 0.286. The molecule has 5 nitrogen and oxygen atoms in total. The van der Waals surface area contributed by atoms with Crippen molar-refractivity contribution in [1.29, 1.82) is 0 Å². The van der Waals surface area contributed by atoms with E-state index in [0.717, 1.165) is 29.5 Å². The summed E-state index contributed by atoms with van der Waals surface area (Å²) in [6.45, 7) is 2.58. The number of ether oxygens (including phenoxy) is 1. The van der Waals surface area contributed by atoms with Crippen LogP contribution in [0.5, 0.6) is 0 Å². The van der Waals surface area contributed by atoms with E-state index < -0.39 is 11.4 Å². The van der Waals surface area contributed by atoms with Crippen LogP contribution in [0.3, 0.4) is 0 Å². The normalized spacial score (nSPS) is 17.2. The Morgan fingerprint density at radius 3 is 2.26 bits per heavy atom. The molecule has 0 bridgehead atoms. The minimum Gasteiger partial charge on any atom is -0.379 e. The number of benzene rings is 3. The zero-order valence-electron chi connectivity index (χ0n) is 18.9. The lowest BCUT2D eigenvalue weighted by atomic mass is 9.99. The van der Waals surface area contributed by atoms with Gasteiger partial charge in [0.15, 0.2) is 5.78 Å². The Balaban J connectivity index is 1.27. The number of hydrogen-bond donors (Lipinski definition) is 1. The molecule has 0 spiro atoms. The van der Waals surface area contributed by atoms with E-state index in [2.05, 4.69) is 10.2 Å². The minimum absolute atomic E-state index is 0.0507. The van der Waals surface area contributed by atoms with Crippen molar-refractivity contribution >= 4 is 17.4 Å². The minimum atomic E-state index is -0.587. The standard InChI is InChI=1S/C28H27FN2O3/c29-24-11-10-23(19-25(24)30-27(33)28(12-13-28)31-14-16-34-17-15-31)26(32)18-20-6-8-22(9-7-20)21-4-2-1-3-5-21/h1-11,19H,12-18H2,(H,30,33). The van der Waals surface area contributed by atoms with Gasteiger partial charge in [0, 0.05) is 25.1 Å². The molecule has 1 saturated carbocycles. The number of nitrogens with zero attached hydrogens (tertiary/aromatic N) is 1. The van der Waals surface area contributed by atoms with Gasteiger partial charge in [-0.3, -0.25) is 14.5 Å². The number of morpholine rings is 1. The van der Waals surface area contributed by atoms with Crippen molar-refractivity contribution in [3.63, 3.8) is 0 Å². The topological polar surface area (TPSA) is 58.6 Å². The molecule has 1 aliphatic carbocycles. The average molecular weight is 459 g/mol. The molecule has 5 rings (SSSR count). The Morgan fingerprint density at radius 1 is 0.912 bits per heavy atom. The first kappa shape index (κ1) is 22.4. The second-order valence-electron chi connectivity index (χ2n) is 8.94. The summed E-state index contributed by atoms with van der Waals surface area (Å²) >= 11 is 0. The Hall–Kier alpha value is -3.35. The van der Waals surface area contributed by atoms with Crippen LogP contribution >= 0.6 is 0 Å². The van der Waals surface area contributed by atoms with Gasteiger partial charge in [-0.2, -0.15) is 0 Å². The molecule has 1 N–H and O–H groups in total. The van der Waals surface area contributed by atoms with Gasteiger partial charge in [0.05, 0.1) is 18.9 Å². The van der Waals surface area contributed by atoms with Crippen molar-refractivity contribution in [3.8, 4) is 11.1 Å². The van der Waals surface area contributed by atoms with Crippen LogP contribution in [0.15, 0.2) is 72.8 Å². The number of carbonyl (C=O) groups excluding carboxylic acids is 2. The first-order valence-corrected chi connectivity index (χ1v) is 11.7. The summed E-state index contributed by atoms with van der Waals surface area (Å²) in [7, 11) is 0. The van der Waals surface area contributed by atoms with Crippen molar-refractivity contribution < 1.29 is 18.7 Å². The number of Topliss-reactive ketones (excluding diaryl/α,β-unsaturated/α-hetero) is 1. The second-order valence-corrected chi connectivity index (χ2v) is 8.94. The molecule has 0 atom stereocenters. The third-order valence-electron chi connectivity index (χ3n) is 6.72. The molecule has 1 saturated heterocycles. The monoisotopic (exact) mass is 458 g/mol. The van der Waals surface area contributed by atoms with Gasteiger partial charge < -0.3 is 10.1 Å². The lowest BCUT2D eigenvalue weighted by Gasteiger charge is -2.33. The Bertz CT molecular complexity index is 1180. The predicted octanol–water partition coefficient (Wildman–Crippen LogP) is 4.72. The van der Waals surface area contributed by atoms with Crippen LogP contribution in [0.2, 0.25) is 0 Å². The zero-order chi connectivity index (χ0) is 23.5. The molecule has 0 aromatic heterocycles. The number of amides is 1. The fourth-order valence-electron chi connectivity index (χ4n) is 4.56. The summed E-state index contributed by atoms with van der Waals surface area (Å²) in [5.74, 6) is -0.887. The van der Waals surface area contributed by atoms with E-state index >= 15 is 0 Å². The quantitative estimate of drug-likeness (QED) is 0.521. The summed E-state index contributed by atoms with van der Waals surface area (Å²) in [4.78, 5) is 28.1. The SMILES string of the molecule is O=C(Cc1ccc(-c2ccccc2)cc1)c1ccc(F)c(NC(=O)C2(N3CCOCC3)CC2)c1. The van der Waals surface area contributed by atoms with Crippen LogP contribution in [0.1, 0.15) is 28.8 Å². The lowest BCUT2D eigenvalue weighted by molar-refractivity contribution is -0.124. The summed E-state index contributed by atoms with van der Waals surface area (Å²) < 4.78 is 19.9. The van der Waals surface area contributed by atoms with Gasteiger partial charge in [0.1, 0.15) is 11.4 Å². The molecular formula is C28H27FN2O3. The highest BCUT2D eigenvalue weighted by molar-refractivity contribution is 6.02. The Morgan fingerprint density at radius 2 is 1.59 bits per heavy atom. The molecule has 3 aromatic rings. The molecule has 2 aliphatic rings. The van der Waals surface area contributed by atoms with E-state index in [0.29, 0.717) is 31.9 Å². The van der Waals surface area contributed by atoms with E-state index in [4.69, 9.17) is 4.74 Å². The number of ketones is 1. The van der Waals surface area contributed by atoms with Gasteiger partial charge in [-0.25, -0.2) is 4.39 Å². The number of rotatable bonds is 7. The van der Waals surface area contributed by atoms with E-state index in [1.165, 1.54) is 18.2 Å². The maximum absolute atomic E-state index is 14.5. The fourth-order valence-corrected chi connectivity index (χ4v) is 4.56. The molecule has 174 valence electrons. The molecule has 0 radical (unpaired) electrons. The van der Waals surface area contributed by atoms with Crippen LogP contribution in [0, 0.1) is 5.82 Å². The number of anilines is 1. The number of halogens is 1. The van der Waals surface area contributed by atoms with Crippen LogP contribution < -0.4 is 5.32 Å². The van der Waals surface area contributed by atoms with Gasteiger partial charge in [-0.05, 0) is 47.7 Å². The highest BCUT2D eigenvalue weighted by atomic mass is 19.1. The number of hydrogen-bond acceptors (Lipinski definition) is 4. The number of nitrogens with one attached hydrogen (secondary N) is 1. The summed E-state index contributed by atoms with van der Waals surface area (Å²) in [6.07, 6.45) is 1.70. The predicted molar refractivity (Wildman–Crippen MR) is 129 cm³/mol. The van der Waals surface area contributed by atoms with Crippen LogP contribution in [-0.2, 0) is 16.0 Å². The first-order valence-electron chi connectivity index (χ1n) is 11.7. The molecule has 6 heteroatoms. The van der Waals surface area contributed by atoms with Crippen molar-refractivity contribution in [2.75, 3.05) is 31.6 Å². The van der Waals surface area contributed by atoms with Crippen molar-refractivity contribution in [2.24, 2.45) is 0 Å². The van der Waals surface area contributed by atoms with E-state index in [1.807, 2.05) is 54.6 Å². The van der Waals surface area contributed by atoms with Crippen LogP contribution in [0.4, 0.5) is 10.1 Å². The Kier molecular flexibility index (Phi) is 6.26. The smallest absolute Gasteiger partial charge is 0.244 e. The first-order chi connectivity index (χ1) is 16.5. The number of carbonyl (C=O) groups is 2. The average Bonchev–Trinajstić information content (AvgIpc) is 3.69. The summed E-state index contributed by atoms with van der Waals surface area (Å²) in [5.41, 5.74) is 2.91. The van der Waals surface area contributed by atoms with Gasteiger partial charge in [-0.1, -0.05) is 54.6 Å². The van der Waals surface area contributed by atoms with E-state index in [-0.39, 0.29) is 23.8 Å². The maximum atomic E-state index is 14.5. The van der Waals surface area contributed by atoms with Gasteiger partial charge in [0.2, 0.25) is 5.91 Å². The molecule has 1 aliphatic heterocycles. The van der Waals surface area contributed by atoms with Crippen molar-refractivity contribution in [1.82, 2.24) is 4.90 Å². The molecule has 1 amide bonds. The Labute approximate surface area is 198 Å². The zero-order valence-corrected chi connectivity index (χ0v) is 18.9. The summed E-state index contributed by atoms with van der Waals surface area (Å²) in [5, 5.41) is 2.75. The highest BCUT2D eigenvalue weighted by Crippen LogP contribution is 2.43. The lowest BCUT2D eigenvalue weighted by Crippen LogP contribution is -2.51. The largest absolute Gasteiger partial charge is 0.379 e. The summed E-state index contributed by atoms with van der Waals surface area (Å²) in [6, 6.07) is 22.1. The molecule has 2 fully saturated rings. The molecule has 1 heterocycles. The van der Waals surface area contributed by atoms with E-state index in [9.17, 15) is 14.0 Å². The maximum Gasteiger partial charge on any atom is 0.244 e. The van der Waals surface area contributed by atoms with Gasteiger partial charge in [-0.15, -0.1) is 0 Å². The third-order valence-corrected chi connectivity index (χ3v) is 6.72.